The molecule has 2 aromatic heterocycles. The van der Waals surface area contributed by atoms with Crippen LogP contribution in [0.25, 0.3) is 5.13 Å². The number of hydrogen-bond donors (Lipinski definition) is 0. The van der Waals surface area contributed by atoms with E-state index in [2.05, 4.69) is 14.8 Å². The van der Waals surface area contributed by atoms with Gasteiger partial charge in [0.05, 0.1) is 11.7 Å². The van der Waals surface area contributed by atoms with E-state index in [1.165, 1.54) is 37.3 Å². The number of rotatable bonds is 4. The van der Waals surface area contributed by atoms with Gasteiger partial charge in [-0.05, 0) is 57.2 Å². The van der Waals surface area contributed by atoms with Crippen molar-refractivity contribution in [2.24, 2.45) is 0 Å². The summed E-state index contributed by atoms with van der Waals surface area (Å²) in [5.41, 5.74) is 0.848. The molecule has 0 N–H and O–H groups in total. The third kappa shape index (κ3) is 3.85. The van der Waals surface area contributed by atoms with Gasteiger partial charge in [0.2, 0.25) is 0 Å². The molecule has 0 saturated carbocycles. The summed E-state index contributed by atoms with van der Waals surface area (Å²) in [6.45, 7) is 6.20. The van der Waals surface area contributed by atoms with Gasteiger partial charge in [0.25, 0.3) is 5.91 Å². The van der Waals surface area contributed by atoms with E-state index in [9.17, 15) is 4.79 Å². The van der Waals surface area contributed by atoms with E-state index in [1.807, 2.05) is 47.8 Å². The smallest absolute Gasteiger partial charge is 0.266 e. The van der Waals surface area contributed by atoms with Gasteiger partial charge in [-0.25, -0.2) is 4.98 Å². The monoisotopic (exact) mass is 390 g/mol. The number of thioether (sulfide) groups is 1. The second kappa shape index (κ2) is 8.15. The molecule has 26 heavy (non-hydrogen) atoms. The van der Waals surface area contributed by atoms with Crippen LogP contribution in [0.4, 0.5) is 0 Å². The Balaban J connectivity index is 1.56. The summed E-state index contributed by atoms with van der Waals surface area (Å²) in [6.07, 6.45) is 7.62. The maximum atomic E-state index is 13.4. The number of aromatic nitrogens is 2. The molecule has 0 spiro atoms. The van der Waals surface area contributed by atoms with Crippen molar-refractivity contribution in [2.75, 3.05) is 37.7 Å². The van der Waals surface area contributed by atoms with Gasteiger partial charge in [-0.15, -0.1) is 0 Å². The highest BCUT2D eigenvalue weighted by Crippen LogP contribution is 2.27. The number of amides is 1. The molecule has 2 fully saturated rings. The predicted molar refractivity (Wildman–Crippen MR) is 109 cm³/mol. The SMILES string of the molecule is Cc1nc(-n2cccc2)sc1C(=O)N1CCCSCC1CN1CCCC1. The molecule has 2 aromatic rings. The minimum atomic E-state index is 0.171. The van der Waals surface area contributed by atoms with E-state index in [0.29, 0.717) is 6.04 Å². The van der Waals surface area contributed by atoms with E-state index in [1.54, 1.807) is 0 Å². The fraction of sp³-hybridized carbons (Fsp3) is 0.579. The lowest BCUT2D eigenvalue weighted by Gasteiger charge is -2.32. The van der Waals surface area contributed by atoms with Crippen LogP contribution in [0.15, 0.2) is 24.5 Å². The van der Waals surface area contributed by atoms with Crippen LogP contribution in [0.1, 0.15) is 34.6 Å². The summed E-state index contributed by atoms with van der Waals surface area (Å²) in [5.74, 6) is 2.37. The molecule has 1 amide bonds. The highest BCUT2D eigenvalue weighted by Gasteiger charge is 2.31. The van der Waals surface area contributed by atoms with Crippen molar-refractivity contribution in [1.29, 1.82) is 0 Å². The zero-order valence-electron chi connectivity index (χ0n) is 15.3. The molecule has 2 saturated heterocycles. The lowest BCUT2D eigenvalue weighted by Crippen LogP contribution is -2.47. The largest absolute Gasteiger partial charge is 0.333 e. The Bertz CT molecular complexity index is 737. The van der Waals surface area contributed by atoms with E-state index >= 15 is 0 Å². The number of aryl methyl sites for hydroxylation is 1. The van der Waals surface area contributed by atoms with Crippen molar-refractivity contribution in [1.82, 2.24) is 19.4 Å². The van der Waals surface area contributed by atoms with Gasteiger partial charge in [0.15, 0.2) is 5.13 Å². The first-order valence-electron chi connectivity index (χ1n) is 9.44. The van der Waals surface area contributed by atoms with Gasteiger partial charge < -0.3 is 14.4 Å². The first-order valence-corrected chi connectivity index (χ1v) is 11.4. The molecule has 140 valence electrons. The van der Waals surface area contributed by atoms with Crippen LogP contribution in [-0.2, 0) is 0 Å². The van der Waals surface area contributed by atoms with Crippen molar-refractivity contribution in [3.63, 3.8) is 0 Å². The second-order valence-electron chi connectivity index (χ2n) is 7.09. The molecule has 1 unspecified atom stereocenters. The number of nitrogens with zero attached hydrogens (tertiary/aromatic N) is 4. The van der Waals surface area contributed by atoms with E-state index in [0.717, 1.165) is 46.7 Å². The quantitative estimate of drug-likeness (QED) is 0.803. The maximum Gasteiger partial charge on any atom is 0.266 e. The molecule has 2 aliphatic rings. The van der Waals surface area contributed by atoms with Crippen LogP contribution >= 0.6 is 23.1 Å². The Morgan fingerprint density at radius 1 is 1.19 bits per heavy atom. The summed E-state index contributed by atoms with van der Waals surface area (Å²) < 4.78 is 1.98. The molecular formula is C19H26N4OS2. The van der Waals surface area contributed by atoms with Gasteiger partial charge in [-0.3, -0.25) is 4.79 Å². The number of hydrogen-bond acceptors (Lipinski definition) is 5. The Morgan fingerprint density at radius 2 is 1.96 bits per heavy atom. The van der Waals surface area contributed by atoms with Crippen LogP contribution in [0.5, 0.6) is 0 Å². The third-order valence-corrected chi connectivity index (χ3v) is 7.53. The van der Waals surface area contributed by atoms with Crippen molar-refractivity contribution in [3.8, 4) is 5.13 Å². The molecular weight excluding hydrogens is 364 g/mol. The summed E-state index contributed by atoms with van der Waals surface area (Å²) in [4.78, 5) is 23.5. The standard InChI is InChI=1S/C19H26N4OS2/c1-15-17(26-19(20-15)22-9-4-5-10-22)18(24)23-11-6-12-25-14-16(23)13-21-7-2-3-8-21/h4-5,9-10,16H,2-3,6-8,11-14H2,1H3. The van der Waals surface area contributed by atoms with E-state index in [4.69, 9.17) is 0 Å². The lowest BCUT2D eigenvalue weighted by molar-refractivity contribution is 0.0670. The summed E-state index contributed by atoms with van der Waals surface area (Å²) in [7, 11) is 0. The third-order valence-electron chi connectivity index (χ3n) is 5.17. The molecule has 0 aromatic carbocycles. The molecule has 4 rings (SSSR count). The zero-order valence-corrected chi connectivity index (χ0v) is 16.9. The number of thiazole rings is 1. The zero-order chi connectivity index (χ0) is 17.9. The number of carbonyl (C=O) groups excluding carboxylic acids is 1. The summed E-state index contributed by atoms with van der Waals surface area (Å²) in [5, 5.41) is 0.871. The first kappa shape index (κ1) is 18.1. The lowest BCUT2D eigenvalue weighted by atomic mass is 10.2. The van der Waals surface area contributed by atoms with Crippen LogP contribution in [0, 0.1) is 6.92 Å². The van der Waals surface area contributed by atoms with Gasteiger partial charge in [-0.1, -0.05) is 11.3 Å². The van der Waals surface area contributed by atoms with Crippen LogP contribution in [0.3, 0.4) is 0 Å². The Morgan fingerprint density at radius 3 is 2.73 bits per heavy atom. The normalized spacial score (nSPS) is 21.9. The average Bonchev–Trinajstić information content (AvgIpc) is 3.36. The Hall–Kier alpha value is -1.31. The second-order valence-corrected chi connectivity index (χ2v) is 9.22. The fourth-order valence-electron chi connectivity index (χ4n) is 3.79. The van der Waals surface area contributed by atoms with Gasteiger partial charge in [0, 0.05) is 31.2 Å². The van der Waals surface area contributed by atoms with Crippen molar-refractivity contribution < 1.29 is 4.79 Å². The highest BCUT2D eigenvalue weighted by atomic mass is 32.2. The average molecular weight is 391 g/mol. The molecule has 2 aliphatic heterocycles. The van der Waals surface area contributed by atoms with Crippen molar-refractivity contribution >= 4 is 29.0 Å². The van der Waals surface area contributed by atoms with Gasteiger partial charge >= 0.3 is 0 Å². The predicted octanol–water partition coefficient (Wildman–Crippen LogP) is 3.29. The van der Waals surface area contributed by atoms with Crippen molar-refractivity contribution in [2.45, 2.75) is 32.2 Å². The Kier molecular flexibility index (Phi) is 5.66. The van der Waals surface area contributed by atoms with E-state index in [-0.39, 0.29) is 5.91 Å². The molecule has 0 aliphatic carbocycles. The van der Waals surface area contributed by atoms with Crippen LogP contribution < -0.4 is 0 Å². The summed E-state index contributed by atoms with van der Waals surface area (Å²) in [6, 6.07) is 4.27. The van der Waals surface area contributed by atoms with E-state index < -0.39 is 0 Å². The number of carbonyl (C=O) groups is 1. The maximum absolute atomic E-state index is 13.4. The molecule has 4 heterocycles. The van der Waals surface area contributed by atoms with Gasteiger partial charge in [0.1, 0.15) is 4.88 Å². The summed E-state index contributed by atoms with van der Waals surface area (Å²) >= 11 is 3.50. The topological polar surface area (TPSA) is 41.4 Å². The first-order chi connectivity index (χ1) is 12.7. The highest BCUT2D eigenvalue weighted by molar-refractivity contribution is 7.99. The molecule has 0 bridgehead atoms. The van der Waals surface area contributed by atoms with Crippen LogP contribution in [-0.4, -0.2) is 69.0 Å². The number of likely N-dealkylation sites (tertiary alicyclic amines) is 1. The van der Waals surface area contributed by atoms with Crippen molar-refractivity contribution in [3.05, 3.63) is 35.1 Å². The molecule has 7 heteroatoms. The van der Waals surface area contributed by atoms with Gasteiger partial charge in [-0.2, -0.15) is 11.8 Å². The Labute approximate surface area is 163 Å². The molecule has 5 nitrogen and oxygen atoms in total. The molecule has 1 atom stereocenters. The molecule has 0 radical (unpaired) electrons. The minimum absolute atomic E-state index is 0.171. The van der Waals surface area contributed by atoms with Crippen LogP contribution in [0.2, 0.25) is 0 Å². The minimum Gasteiger partial charge on any atom is -0.333 e. The fourth-order valence-corrected chi connectivity index (χ4v) is 5.84.